The van der Waals surface area contributed by atoms with Crippen LogP contribution in [0.15, 0.2) is 0 Å². The molecule has 0 bridgehead atoms. The van der Waals surface area contributed by atoms with E-state index in [1.165, 1.54) is 21.6 Å². The average molecular weight is 346 g/mol. The van der Waals surface area contributed by atoms with Crippen LogP contribution < -0.4 is 21.3 Å². The van der Waals surface area contributed by atoms with Crippen molar-refractivity contribution in [3.8, 4) is 0 Å². The molecule has 22 heavy (non-hydrogen) atoms. The summed E-state index contributed by atoms with van der Waals surface area (Å²) in [4.78, 5) is 46.0. The Morgan fingerprint density at radius 1 is 0.727 bits per heavy atom. The molecule has 0 aromatic heterocycles. The van der Waals surface area contributed by atoms with Crippen LogP contribution in [0.3, 0.4) is 0 Å². The molecule has 2 rings (SSSR count). The molecule has 122 valence electrons. The number of carbonyl (C=O) groups excluding carboxylic acids is 4. The van der Waals surface area contributed by atoms with Gasteiger partial charge in [0.05, 0.1) is 9.49 Å². The first-order valence-corrected chi connectivity index (χ1v) is 8.77. The summed E-state index contributed by atoms with van der Waals surface area (Å²) in [6.07, 6.45) is 0. The van der Waals surface area contributed by atoms with Crippen LogP contribution in [-0.4, -0.2) is 45.5 Å². The van der Waals surface area contributed by atoms with Gasteiger partial charge in [-0.1, -0.05) is 21.6 Å². The van der Waals surface area contributed by atoms with E-state index in [-0.39, 0.29) is 11.8 Å². The summed E-state index contributed by atoms with van der Waals surface area (Å²) in [7, 11) is 2.78. The predicted molar refractivity (Wildman–Crippen MR) is 84.3 cm³/mol. The third-order valence-corrected chi connectivity index (χ3v) is 7.65. The van der Waals surface area contributed by atoms with E-state index in [2.05, 4.69) is 21.3 Å². The Hall–Kier alpha value is -1.42. The van der Waals surface area contributed by atoms with Gasteiger partial charge in [0, 0.05) is 0 Å². The average Bonchev–Trinajstić information content (AvgIpc) is 2.90. The Balaban J connectivity index is 2.01. The fourth-order valence-electron chi connectivity index (χ4n) is 2.12. The van der Waals surface area contributed by atoms with Crippen LogP contribution in [0.25, 0.3) is 0 Å². The van der Waals surface area contributed by atoms with Crippen molar-refractivity contribution < 1.29 is 19.2 Å². The van der Waals surface area contributed by atoms with E-state index in [4.69, 9.17) is 0 Å². The Morgan fingerprint density at radius 2 is 1.05 bits per heavy atom. The van der Waals surface area contributed by atoms with Gasteiger partial charge in [0.25, 0.3) is 11.8 Å². The number of nitrogens with one attached hydrogen (secondary N) is 4. The third-order valence-electron chi connectivity index (χ3n) is 3.41. The summed E-state index contributed by atoms with van der Waals surface area (Å²) >= 11 is 0. The van der Waals surface area contributed by atoms with Gasteiger partial charge >= 0.3 is 12.1 Å². The normalized spacial score (nSPS) is 25.6. The minimum absolute atomic E-state index is 0.368. The highest BCUT2D eigenvalue weighted by Gasteiger charge is 2.46. The monoisotopic (exact) mass is 346 g/mol. The molecule has 2 saturated heterocycles. The van der Waals surface area contributed by atoms with E-state index >= 15 is 0 Å². The second-order valence-electron chi connectivity index (χ2n) is 6.17. The predicted octanol–water partition coefficient (Wildman–Crippen LogP) is 0.341. The maximum atomic E-state index is 11.8. The largest absolute Gasteiger partial charge is 0.325 e. The van der Waals surface area contributed by atoms with Crippen LogP contribution in [0.1, 0.15) is 27.7 Å². The number of rotatable bonds is 5. The summed E-state index contributed by atoms with van der Waals surface area (Å²) in [5, 5.41) is 9.58. The smallest absolute Gasteiger partial charge is 0.322 e. The van der Waals surface area contributed by atoms with Crippen molar-refractivity contribution in [3.63, 3.8) is 0 Å². The van der Waals surface area contributed by atoms with Crippen LogP contribution in [0.4, 0.5) is 9.59 Å². The zero-order valence-electron chi connectivity index (χ0n) is 12.6. The van der Waals surface area contributed by atoms with Gasteiger partial charge in [-0.05, 0) is 27.7 Å². The number of carbonyl (C=O) groups is 4. The zero-order valence-corrected chi connectivity index (χ0v) is 14.2. The molecule has 4 N–H and O–H groups in total. The minimum atomic E-state index is -0.653. The molecule has 2 aliphatic rings. The van der Waals surface area contributed by atoms with Gasteiger partial charge < -0.3 is 10.6 Å². The molecule has 6 amide bonds. The molecule has 2 aliphatic heterocycles. The molecule has 0 aromatic carbocycles. The van der Waals surface area contributed by atoms with Crippen molar-refractivity contribution in [3.05, 3.63) is 0 Å². The standard InChI is InChI=1S/C12H18N4O4S2/c1-11(2,5-7(17)15-9(19)13-5)21-22-12(3,4)6-8(18)16-10(20)14-6/h5-6H,1-4H3,(H2,13,15,17,19)(H2,14,16,18,20). The van der Waals surface area contributed by atoms with Crippen LogP contribution >= 0.6 is 21.6 Å². The molecule has 0 spiro atoms. The van der Waals surface area contributed by atoms with Gasteiger partial charge in [-0.15, -0.1) is 0 Å². The lowest BCUT2D eigenvalue weighted by atomic mass is 10.0. The molecule has 0 aliphatic carbocycles. The highest BCUT2D eigenvalue weighted by atomic mass is 33.1. The van der Waals surface area contributed by atoms with Crippen molar-refractivity contribution in [2.24, 2.45) is 0 Å². The molecular weight excluding hydrogens is 328 g/mol. The molecule has 0 saturated carbocycles. The first kappa shape index (κ1) is 16.9. The van der Waals surface area contributed by atoms with E-state index in [0.29, 0.717) is 0 Å². The van der Waals surface area contributed by atoms with Crippen LogP contribution in [-0.2, 0) is 9.59 Å². The van der Waals surface area contributed by atoms with Gasteiger partial charge in [0.2, 0.25) is 0 Å². The molecule has 0 aromatic rings. The van der Waals surface area contributed by atoms with E-state index in [1.54, 1.807) is 0 Å². The second kappa shape index (κ2) is 5.65. The van der Waals surface area contributed by atoms with Gasteiger partial charge in [0.15, 0.2) is 0 Å². The molecule has 2 heterocycles. The lowest BCUT2D eigenvalue weighted by Crippen LogP contribution is -2.48. The van der Waals surface area contributed by atoms with Gasteiger partial charge in [0.1, 0.15) is 12.1 Å². The number of hydrogen-bond donors (Lipinski definition) is 4. The third kappa shape index (κ3) is 3.32. The fourth-order valence-corrected chi connectivity index (χ4v) is 4.94. The van der Waals surface area contributed by atoms with Crippen molar-refractivity contribution in [2.75, 3.05) is 0 Å². The van der Waals surface area contributed by atoms with Crippen LogP contribution in [0.5, 0.6) is 0 Å². The van der Waals surface area contributed by atoms with E-state index in [1.807, 2.05) is 27.7 Å². The molecule has 0 radical (unpaired) electrons. The Bertz CT molecular complexity index is 501. The highest BCUT2D eigenvalue weighted by Crippen LogP contribution is 2.47. The first-order valence-electron chi connectivity index (χ1n) is 6.62. The van der Waals surface area contributed by atoms with E-state index < -0.39 is 33.6 Å². The van der Waals surface area contributed by atoms with Crippen molar-refractivity contribution in [2.45, 2.75) is 49.3 Å². The summed E-state index contributed by atoms with van der Waals surface area (Å²) < 4.78 is -1.17. The topological polar surface area (TPSA) is 116 Å². The van der Waals surface area contributed by atoms with E-state index in [0.717, 1.165) is 0 Å². The summed E-state index contributed by atoms with van der Waals surface area (Å²) in [5.41, 5.74) is 0. The molecule has 2 atom stereocenters. The maximum absolute atomic E-state index is 11.8. The highest BCUT2D eigenvalue weighted by molar-refractivity contribution is 8.77. The van der Waals surface area contributed by atoms with Crippen molar-refractivity contribution in [1.82, 2.24) is 21.3 Å². The lowest BCUT2D eigenvalue weighted by molar-refractivity contribution is -0.121. The molecule has 10 heteroatoms. The summed E-state index contributed by atoms with van der Waals surface area (Å²) in [5.74, 6) is -0.736. The molecule has 8 nitrogen and oxygen atoms in total. The van der Waals surface area contributed by atoms with E-state index in [9.17, 15) is 19.2 Å². The number of imide groups is 2. The van der Waals surface area contributed by atoms with Crippen LogP contribution in [0.2, 0.25) is 0 Å². The Morgan fingerprint density at radius 3 is 1.27 bits per heavy atom. The summed E-state index contributed by atoms with van der Waals surface area (Å²) in [6, 6.07) is -2.31. The summed E-state index contributed by atoms with van der Waals surface area (Å²) in [6.45, 7) is 7.35. The quantitative estimate of drug-likeness (QED) is 0.421. The maximum Gasteiger partial charge on any atom is 0.322 e. The number of urea groups is 2. The second-order valence-corrected chi connectivity index (χ2v) is 9.60. The number of hydrogen-bond acceptors (Lipinski definition) is 6. The SMILES string of the molecule is CC(C)(SSC(C)(C)C1NC(=O)NC1=O)C1NC(=O)NC1=O. The number of amides is 6. The minimum Gasteiger partial charge on any atom is -0.325 e. The van der Waals surface area contributed by atoms with Crippen molar-refractivity contribution in [1.29, 1.82) is 0 Å². The first-order chi connectivity index (χ1) is 10.0. The van der Waals surface area contributed by atoms with Gasteiger partial charge in [-0.25, -0.2) is 9.59 Å². The fraction of sp³-hybridized carbons (Fsp3) is 0.667. The Labute approximate surface area is 135 Å². The van der Waals surface area contributed by atoms with Crippen LogP contribution in [0, 0.1) is 0 Å². The van der Waals surface area contributed by atoms with Gasteiger partial charge in [-0.2, -0.15) is 0 Å². The molecule has 2 unspecified atom stereocenters. The van der Waals surface area contributed by atoms with Crippen molar-refractivity contribution >= 4 is 45.5 Å². The zero-order chi connectivity index (χ0) is 16.7. The molecule has 2 fully saturated rings. The van der Waals surface area contributed by atoms with Gasteiger partial charge in [-0.3, -0.25) is 20.2 Å². The Kier molecular flexibility index (Phi) is 4.35. The molecular formula is C12H18N4O4S2. The lowest BCUT2D eigenvalue weighted by Gasteiger charge is -2.34.